The smallest absolute Gasteiger partial charge is 0.184 e. The van der Waals surface area contributed by atoms with Crippen LogP contribution in [0.5, 0.6) is 0 Å². The molecule has 27 heavy (non-hydrogen) atoms. The Morgan fingerprint density at radius 1 is 1.41 bits per heavy atom. The second-order valence-electron chi connectivity index (χ2n) is 6.06. The zero-order chi connectivity index (χ0) is 19.6. The topological polar surface area (TPSA) is 53.6 Å². The molecule has 0 saturated carbocycles. The number of hydrogen-bond acceptors (Lipinski definition) is 4. The highest BCUT2D eigenvalue weighted by atomic mass is 35.5. The van der Waals surface area contributed by atoms with Gasteiger partial charge in [-0.1, -0.05) is 30.1 Å². The Hall–Kier alpha value is -1.34. The van der Waals surface area contributed by atoms with Crippen molar-refractivity contribution in [2.45, 2.75) is 32.1 Å². The summed E-state index contributed by atoms with van der Waals surface area (Å²) in [5, 5.41) is 5.36. The number of aromatic amines is 1. The molecule has 0 aliphatic rings. The average molecular weight is 448 g/mol. The molecule has 144 valence electrons. The number of allylic oxidation sites excluding steroid dienone is 1. The van der Waals surface area contributed by atoms with Crippen LogP contribution < -0.4 is 5.32 Å². The van der Waals surface area contributed by atoms with Crippen LogP contribution in [-0.2, 0) is 6.42 Å². The van der Waals surface area contributed by atoms with Crippen LogP contribution in [0, 0.1) is 0 Å². The maximum absolute atomic E-state index is 13.7. The lowest BCUT2D eigenvalue weighted by Gasteiger charge is -2.13. The molecule has 3 heterocycles. The molecule has 0 aliphatic carbocycles. The molecule has 0 aromatic carbocycles. The van der Waals surface area contributed by atoms with Crippen molar-refractivity contribution in [2.75, 3.05) is 11.9 Å². The number of nitrogens with one attached hydrogen (secondary N) is 2. The molecule has 2 N–H and O–H groups in total. The molecule has 0 saturated heterocycles. The third kappa shape index (κ3) is 4.74. The lowest BCUT2D eigenvalue weighted by atomic mass is 10.1. The molecule has 0 aliphatic heterocycles. The first kappa shape index (κ1) is 20.4. The normalized spacial score (nSPS) is 13.7. The predicted octanol–water partition coefficient (Wildman–Crippen LogP) is 6.59. The van der Waals surface area contributed by atoms with Crippen molar-refractivity contribution in [1.29, 1.82) is 0 Å². The van der Waals surface area contributed by atoms with Gasteiger partial charge in [0.1, 0.15) is 10.8 Å². The molecule has 0 bridgehead atoms. The second kappa shape index (κ2) is 8.78. The Kier molecular flexibility index (Phi) is 6.63. The maximum Gasteiger partial charge on any atom is 0.184 e. The van der Waals surface area contributed by atoms with E-state index >= 15 is 0 Å². The quantitative estimate of drug-likeness (QED) is 0.402. The van der Waals surface area contributed by atoms with Gasteiger partial charge in [0.2, 0.25) is 0 Å². The Morgan fingerprint density at radius 3 is 2.89 bits per heavy atom. The molecule has 1 unspecified atom stereocenters. The summed E-state index contributed by atoms with van der Waals surface area (Å²) >= 11 is 20.0. The first-order valence-electron chi connectivity index (χ1n) is 8.38. The Labute approximate surface area is 175 Å². The van der Waals surface area contributed by atoms with E-state index in [2.05, 4.69) is 20.3 Å². The van der Waals surface area contributed by atoms with Crippen LogP contribution in [0.1, 0.15) is 30.7 Å². The molecule has 3 aromatic heterocycles. The number of hydrogen-bond donors (Lipinski definition) is 2. The van der Waals surface area contributed by atoms with E-state index in [0.29, 0.717) is 40.3 Å². The van der Waals surface area contributed by atoms with E-state index in [1.165, 1.54) is 18.3 Å². The molecular weight excluding hydrogens is 430 g/mol. The lowest BCUT2D eigenvalue weighted by molar-refractivity contribution is 0.615. The number of aromatic nitrogens is 3. The molecular formula is C18H18Cl3FN4S. The van der Waals surface area contributed by atoms with Crippen molar-refractivity contribution >= 4 is 62.3 Å². The predicted molar refractivity (Wildman–Crippen MR) is 113 cm³/mol. The van der Waals surface area contributed by atoms with E-state index in [1.54, 1.807) is 6.20 Å². The fourth-order valence-corrected chi connectivity index (χ4v) is 4.31. The monoisotopic (exact) mass is 446 g/mol. The summed E-state index contributed by atoms with van der Waals surface area (Å²) in [6.07, 6.45) is 4.74. The first-order valence-corrected chi connectivity index (χ1v) is 10.4. The number of thiazole rings is 1. The number of alkyl halides is 1. The van der Waals surface area contributed by atoms with Gasteiger partial charge in [0.05, 0.1) is 21.1 Å². The zero-order valence-electron chi connectivity index (χ0n) is 14.7. The van der Waals surface area contributed by atoms with E-state index in [0.717, 1.165) is 21.5 Å². The summed E-state index contributed by atoms with van der Waals surface area (Å²) in [5.74, 6) is -0.268. The first-order chi connectivity index (χ1) is 12.9. The number of H-pyrrole nitrogens is 1. The number of halogens is 4. The van der Waals surface area contributed by atoms with Crippen molar-refractivity contribution in [2.24, 2.45) is 0 Å². The minimum absolute atomic E-state index is 0.268. The number of fused-ring (bicyclic) bond motifs is 1. The maximum atomic E-state index is 13.7. The molecule has 9 heteroatoms. The SMILES string of the molecule is CCC(Cl)/C(CNc1nc(Cl)c(Cc2c[nH]c3ncc(Cl)cc23)s1)=C(\C)F. The highest BCUT2D eigenvalue weighted by Gasteiger charge is 2.16. The third-order valence-corrected chi connectivity index (χ3v) is 6.41. The van der Waals surface area contributed by atoms with Crippen LogP contribution in [0.15, 0.2) is 29.9 Å². The summed E-state index contributed by atoms with van der Waals surface area (Å²) in [6, 6.07) is 1.87. The van der Waals surface area contributed by atoms with E-state index < -0.39 is 0 Å². The van der Waals surface area contributed by atoms with Crippen molar-refractivity contribution in [3.05, 3.63) is 50.5 Å². The Bertz CT molecular complexity index is 978. The van der Waals surface area contributed by atoms with Crippen molar-refractivity contribution in [3.8, 4) is 0 Å². The highest BCUT2D eigenvalue weighted by Crippen LogP contribution is 2.32. The second-order valence-corrected chi connectivity index (χ2v) is 8.47. The Balaban J connectivity index is 1.76. The number of nitrogens with zero attached hydrogens (tertiary/aromatic N) is 2. The van der Waals surface area contributed by atoms with Crippen molar-refractivity contribution in [1.82, 2.24) is 15.0 Å². The van der Waals surface area contributed by atoms with Gasteiger partial charge in [0.25, 0.3) is 0 Å². The molecule has 0 fully saturated rings. The van der Waals surface area contributed by atoms with E-state index in [4.69, 9.17) is 34.8 Å². The summed E-state index contributed by atoms with van der Waals surface area (Å²) in [4.78, 5) is 12.6. The van der Waals surface area contributed by atoms with Gasteiger partial charge in [-0.15, -0.1) is 22.9 Å². The number of pyridine rings is 1. The van der Waals surface area contributed by atoms with Gasteiger partial charge in [0.15, 0.2) is 5.13 Å². The molecule has 0 amide bonds. The fourth-order valence-electron chi connectivity index (χ4n) is 2.73. The highest BCUT2D eigenvalue weighted by molar-refractivity contribution is 7.16. The lowest BCUT2D eigenvalue weighted by Crippen LogP contribution is -2.14. The van der Waals surface area contributed by atoms with Crippen LogP contribution in [0.4, 0.5) is 9.52 Å². The van der Waals surface area contributed by atoms with Crippen LogP contribution in [0.2, 0.25) is 10.2 Å². The molecule has 1 atom stereocenters. The van der Waals surface area contributed by atoms with Gasteiger partial charge in [-0.25, -0.2) is 14.4 Å². The zero-order valence-corrected chi connectivity index (χ0v) is 17.8. The van der Waals surface area contributed by atoms with Crippen LogP contribution in [-0.4, -0.2) is 26.9 Å². The Morgan fingerprint density at radius 2 is 2.19 bits per heavy atom. The van der Waals surface area contributed by atoms with E-state index in [1.807, 2.05) is 19.2 Å². The average Bonchev–Trinajstić information content (AvgIpc) is 3.18. The van der Waals surface area contributed by atoms with Gasteiger partial charge in [-0.05, 0) is 30.5 Å². The van der Waals surface area contributed by atoms with Crippen molar-refractivity contribution < 1.29 is 4.39 Å². The minimum atomic E-state index is -0.346. The summed E-state index contributed by atoms with van der Waals surface area (Å²) in [6.45, 7) is 3.63. The molecule has 0 spiro atoms. The van der Waals surface area contributed by atoms with Crippen LogP contribution in [0.3, 0.4) is 0 Å². The molecule has 0 radical (unpaired) electrons. The minimum Gasteiger partial charge on any atom is -0.358 e. The molecule has 3 rings (SSSR count). The standard InChI is InChI=1S/C18H18Cl3FN4S/c1-3-14(20)13(9(2)22)8-25-18-26-16(21)15(27-18)4-10-6-23-17-12(10)5-11(19)7-24-17/h5-7,14H,3-4,8H2,1-2H3,(H,23,24)(H,25,26)/b13-9+. The molecule has 4 nitrogen and oxygen atoms in total. The van der Waals surface area contributed by atoms with Gasteiger partial charge < -0.3 is 10.3 Å². The summed E-state index contributed by atoms with van der Waals surface area (Å²) in [5.41, 5.74) is 2.34. The molecule has 3 aromatic rings. The van der Waals surface area contributed by atoms with Gasteiger partial charge in [-0.2, -0.15) is 0 Å². The summed E-state index contributed by atoms with van der Waals surface area (Å²) in [7, 11) is 0. The number of rotatable bonds is 7. The third-order valence-electron chi connectivity index (χ3n) is 4.19. The van der Waals surface area contributed by atoms with Gasteiger partial charge >= 0.3 is 0 Å². The fraction of sp³-hybridized carbons (Fsp3) is 0.333. The van der Waals surface area contributed by atoms with Crippen LogP contribution >= 0.6 is 46.1 Å². The van der Waals surface area contributed by atoms with Gasteiger partial charge in [-0.3, -0.25) is 0 Å². The van der Waals surface area contributed by atoms with E-state index in [-0.39, 0.29) is 11.2 Å². The van der Waals surface area contributed by atoms with Crippen molar-refractivity contribution in [3.63, 3.8) is 0 Å². The van der Waals surface area contributed by atoms with Gasteiger partial charge in [0, 0.05) is 30.7 Å². The summed E-state index contributed by atoms with van der Waals surface area (Å²) < 4.78 is 13.7. The van der Waals surface area contributed by atoms with E-state index in [9.17, 15) is 4.39 Å². The largest absolute Gasteiger partial charge is 0.358 e. The van der Waals surface area contributed by atoms with Crippen LogP contribution in [0.25, 0.3) is 11.0 Å². The number of anilines is 1.